The van der Waals surface area contributed by atoms with Gasteiger partial charge < -0.3 is 15.0 Å². The first-order valence-electron chi connectivity index (χ1n) is 8.20. The lowest BCUT2D eigenvalue weighted by atomic mass is 9.96. The number of carbonyl (C=O) groups excluding carboxylic acids is 2. The first kappa shape index (κ1) is 18.4. The largest absolute Gasteiger partial charge is 0.370 e. The fourth-order valence-corrected chi connectivity index (χ4v) is 2.46. The lowest BCUT2D eigenvalue weighted by Crippen LogP contribution is -2.44. The molecule has 1 unspecified atom stereocenters. The zero-order chi connectivity index (χ0) is 17.7. The molecular weight excluding hydrogens is 311 g/mol. The zero-order valence-electron chi connectivity index (χ0n) is 14.5. The smallest absolute Gasteiger partial charge is 0.225 e. The van der Waals surface area contributed by atoms with Crippen molar-refractivity contribution in [3.05, 3.63) is 35.6 Å². The van der Waals surface area contributed by atoms with Gasteiger partial charge in [0.15, 0.2) is 0 Å². The third-order valence-corrected chi connectivity index (χ3v) is 3.97. The number of carbonyl (C=O) groups is 2. The Kier molecular flexibility index (Phi) is 5.94. The van der Waals surface area contributed by atoms with Gasteiger partial charge in [-0.3, -0.25) is 9.59 Å². The summed E-state index contributed by atoms with van der Waals surface area (Å²) in [4.78, 5) is 25.9. The number of rotatable bonds is 4. The van der Waals surface area contributed by atoms with Crippen LogP contribution in [0, 0.1) is 11.2 Å². The van der Waals surface area contributed by atoms with Gasteiger partial charge in [-0.2, -0.15) is 0 Å². The van der Waals surface area contributed by atoms with Crippen LogP contribution in [0.3, 0.4) is 0 Å². The summed E-state index contributed by atoms with van der Waals surface area (Å²) >= 11 is 0. The van der Waals surface area contributed by atoms with Crippen molar-refractivity contribution in [3.8, 4) is 0 Å². The van der Waals surface area contributed by atoms with Gasteiger partial charge in [-0.25, -0.2) is 4.39 Å². The van der Waals surface area contributed by atoms with Crippen LogP contribution in [0.1, 0.15) is 38.9 Å². The summed E-state index contributed by atoms with van der Waals surface area (Å²) < 4.78 is 18.7. The van der Waals surface area contributed by atoms with Gasteiger partial charge in [-0.1, -0.05) is 32.9 Å². The zero-order valence-corrected chi connectivity index (χ0v) is 14.5. The summed E-state index contributed by atoms with van der Waals surface area (Å²) in [5.41, 5.74) is 0.394. The van der Waals surface area contributed by atoms with Crippen molar-refractivity contribution in [2.75, 3.05) is 26.2 Å². The monoisotopic (exact) mass is 336 g/mol. The molecule has 1 fully saturated rings. The Hall–Kier alpha value is -1.95. The number of morpholine rings is 1. The van der Waals surface area contributed by atoms with Crippen LogP contribution < -0.4 is 5.32 Å². The van der Waals surface area contributed by atoms with Crippen LogP contribution >= 0.6 is 0 Å². The van der Waals surface area contributed by atoms with Gasteiger partial charge >= 0.3 is 0 Å². The molecule has 0 bridgehead atoms. The van der Waals surface area contributed by atoms with E-state index in [-0.39, 0.29) is 30.2 Å². The second kappa shape index (κ2) is 7.75. The van der Waals surface area contributed by atoms with Gasteiger partial charge in [-0.05, 0) is 17.7 Å². The van der Waals surface area contributed by atoms with Crippen molar-refractivity contribution in [2.24, 2.45) is 5.41 Å². The molecule has 1 aromatic carbocycles. The minimum atomic E-state index is -0.463. The van der Waals surface area contributed by atoms with E-state index < -0.39 is 5.41 Å². The minimum Gasteiger partial charge on any atom is -0.370 e. The molecule has 2 amide bonds. The summed E-state index contributed by atoms with van der Waals surface area (Å²) in [7, 11) is 0. The average Bonchev–Trinajstić information content (AvgIpc) is 2.54. The molecule has 6 heteroatoms. The van der Waals surface area contributed by atoms with Crippen LogP contribution in [0.2, 0.25) is 0 Å². The summed E-state index contributed by atoms with van der Waals surface area (Å²) in [6.07, 6.45) is 0.0188. The Morgan fingerprint density at radius 2 is 1.96 bits per heavy atom. The maximum Gasteiger partial charge on any atom is 0.225 e. The SMILES string of the molecule is CC(C)(C)C(=O)NCCC(=O)N1CCOC(c2ccc(F)cc2)C1. The second-order valence-electron chi connectivity index (χ2n) is 7.01. The van der Waals surface area contributed by atoms with E-state index in [9.17, 15) is 14.0 Å². The molecule has 1 aliphatic rings. The van der Waals surface area contributed by atoms with Crippen molar-refractivity contribution in [1.29, 1.82) is 0 Å². The topological polar surface area (TPSA) is 58.6 Å². The molecule has 132 valence electrons. The third kappa shape index (κ3) is 5.03. The van der Waals surface area contributed by atoms with E-state index in [2.05, 4.69) is 5.32 Å². The molecule has 1 atom stereocenters. The molecule has 0 saturated carbocycles. The first-order valence-corrected chi connectivity index (χ1v) is 8.20. The second-order valence-corrected chi connectivity index (χ2v) is 7.01. The minimum absolute atomic E-state index is 0.0142. The van der Waals surface area contributed by atoms with Crippen LogP contribution in [0.15, 0.2) is 24.3 Å². The van der Waals surface area contributed by atoms with Crippen molar-refractivity contribution in [3.63, 3.8) is 0 Å². The fourth-order valence-electron chi connectivity index (χ4n) is 2.46. The number of benzene rings is 1. The predicted molar refractivity (Wildman–Crippen MR) is 88.8 cm³/mol. The Morgan fingerprint density at radius 3 is 2.58 bits per heavy atom. The molecule has 1 aliphatic heterocycles. The molecule has 0 radical (unpaired) electrons. The molecule has 5 nitrogen and oxygen atoms in total. The number of amides is 2. The summed E-state index contributed by atoms with van der Waals surface area (Å²) in [6.45, 7) is 7.25. The van der Waals surface area contributed by atoms with Crippen molar-refractivity contribution >= 4 is 11.8 Å². The summed E-state index contributed by atoms with van der Waals surface area (Å²) in [6, 6.07) is 6.14. The molecule has 2 rings (SSSR count). The Morgan fingerprint density at radius 1 is 1.29 bits per heavy atom. The highest BCUT2D eigenvalue weighted by Crippen LogP contribution is 2.22. The van der Waals surface area contributed by atoms with Gasteiger partial charge in [0.05, 0.1) is 13.2 Å². The van der Waals surface area contributed by atoms with E-state index in [1.807, 2.05) is 20.8 Å². The quantitative estimate of drug-likeness (QED) is 0.918. The number of nitrogens with zero attached hydrogens (tertiary/aromatic N) is 1. The van der Waals surface area contributed by atoms with Gasteiger partial charge in [0.2, 0.25) is 11.8 Å². The lowest BCUT2D eigenvalue weighted by molar-refractivity contribution is -0.139. The number of halogens is 1. The van der Waals surface area contributed by atoms with Crippen LogP contribution in [-0.2, 0) is 14.3 Å². The molecular formula is C18H25FN2O3. The highest BCUT2D eigenvalue weighted by atomic mass is 19.1. The number of ether oxygens (including phenoxy) is 1. The molecule has 1 saturated heterocycles. The van der Waals surface area contributed by atoms with Gasteiger partial charge in [-0.15, -0.1) is 0 Å². The number of hydrogen-bond acceptors (Lipinski definition) is 3. The normalized spacial score (nSPS) is 18.3. The van der Waals surface area contributed by atoms with Crippen LogP contribution in [-0.4, -0.2) is 43.0 Å². The highest BCUT2D eigenvalue weighted by Gasteiger charge is 2.26. The van der Waals surface area contributed by atoms with E-state index in [4.69, 9.17) is 4.74 Å². The molecule has 0 spiro atoms. The highest BCUT2D eigenvalue weighted by molar-refractivity contribution is 5.82. The van der Waals surface area contributed by atoms with Crippen molar-refractivity contribution in [1.82, 2.24) is 10.2 Å². The summed E-state index contributed by atoms with van der Waals surface area (Å²) in [5.74, 6) is -0.377. The molecule has 1 N–H and O–H groups in total. The maximum atomic E-state index is 13.0. The van der Waals surface area contributed by atoms with Gasteiger partial charge in [0.25, 0.3) is 0 Å². The van der Waals surface area contributed by atoms with Crippen molar-refractivity contribution in [2.45, 2.75) is 33.3 Å². The molecule has 0 aliphatic carbocycles. The van der Waals surface area contributed by atoms with E-state index in [1.165, 1.54) is 12.1 Å². The third-order valence-electron chi connectivity index (χ3n) is 3.97. The average molecular weight is 336 g/mol. The van der Waals surface area contributed by atoms with Crippen molar-refractivity contribution < 1.29 is 18.7 Å². The van der Waals surface area contributed by atoms with Gasteiger partial charge in [0.1, 0.15) is 11.9 Å². The number of nitrogens with one attached hydrogen (secondary N) is 1. The van der Waals surface area contributed by atoms with E-state index in [1.54, 1.807) is 17.0 Å². The predicted octanol–water partition coefficient (Wildman–Crippen LogP) is 2.28. The Bertz CT molecular complexity index is 581. The molecule has 1 heterocycles. The fraction of sp³-hybridized carbons (Fsp3) is 0.556. The Balaban J connectivity index is 1.84. The summed E-state index contributed by atoms with van der Waals surface area (Å²) in [5, 5.41) is 2.78. The number of hydrogen-bond donors (Lipinski definition) is 1. The van der Waals surface area contributed by atoms with Crippen LogP contribution in [0.4, 0.5) is 4.39 Å². The van der Waals surface area contributed by atoms with E-state index in [0.29, 0.717) is 26.2 Å². The van der Waals surface area contributed by atoms with E-state index >= 15 is 0 Å². The first-order chi connectivity index (χ1) is 11.3. The van der Waals surface area contributed by atoms with E-state index in [0.717, 1.165) is 5.56 Å². The van der Waals surface area contributed by atoms with Gasteiger partial charge in [0, 0.05) is 24.9 Å². The lowest BCUT2D eigenvalue weighted by Gasteiger charge is -2.33. The molecule has 0 aromatic heterocycles. The maximum absolute atomic E-state index is 13.0. The van der Waals surface area contributed by atoms with Crippen LogP contribution in [0.5, 0.6) is 0 Å². The standard InChI is InChI=1S/C18H25FN2O3/c1-18(2,3)17(23)20-9-8-16(22)21-10-11-24-15(12-21)13-4-6-14(19)7-5-13/h4-7,15H,8-12H2,1-3H3,(H,20,23). The Labute approximate surface area is 142 Å². The molecule has 1 aromatic rings. The molecule has 24 heavy (non-hydrogen) atoms. The van der Waals surface area contributed by atoms with Crippen LogP contribution in [0.25, 0.3) is 0 Å².